The minimum absolute atomic E-state index is 0.0126. The number of halogens is 1. The van der Waals surface area contributed by atoms with Crippen LogP contribution in [0.1, 0.15) is 36.7 Å². The minimum Gasteiger partial charge on any atom is -0.456 e. The molecule has 0 heterocycles. The van der Waals surface area contributed by atoms with Crippen molar-refractivity contribution in [1.29, 1.82) is 0 Å². The largest absolute Gasteiger partial charge is 0.488 e. The molecule has 1 aromatic rings. The lowest BCUT2D eigenvalue weighted by Gasteiger charge is -2.20. The molecule has 0 spiro atoms. The van der Waals surface area contributed by atoms with Crippen LogP contribution in [0.4, 0.5) is 9.57 Å². The summed E-state index contributed by atoms with van der Waals surface area (Å²) in [4.78, 5) is 12.0. The molecule has 112 valence electrons. The van der Waals surface area contributed by atoms with E-state index in [1.54, 1.807) is 27.7 Å². The molecule has 0 radical (unpaired) electrons. The molecule has 6 nitrogen and oxygen atoms in total. The van der Waals surface area contributed by atoms with E-state index in [1.807, 2.05) is 0 Å². The zero-order valence-corrected chi connectivity index (χ0v) is 12.4. The summed E-state index contributed by atoms with van der Waals surface area (Å²) >= 11 is 0. The molecule has 0 saturated heterocycles. The third-order valence-corrected chi connectivity index (χ3v) is 2.63. The molecular weight excluding hydrogens is 289 g/mol. The molecule has 20 heavy (non-hydrogen) atoms. The van der Waals surface area contributed by atoms with Crippen LogP contribution in [-0.4, -0.2) is 20.0 Å². The standard InChI is InChI=1S/C12H16FNO5S/c1-7-9(11(15)18-12(2,3)4)5-8(6-10(7)14)19-20(13,16)17/h5-6H,14H2,1-4H3. The van der Waals surface area contributed by atoms with Crippen LogP contribution in [0.15, 0.2) is 12.1 Å². The number of esters is 1. The maximum atomic E-state index is 12.5. The van der Waals surface area contributed by atoms with Gasteiger partial charge in [-0.3, -0.25) is 0 Å². The first-order valence-corrected chi connectivity index (χ1v) is 6.97. The van der Waals surface area contributed by atoms with Gasteiger partial charge in [-0.15, -0.1) is 0 Å². The number of nitrogens with two attached hydrogens (primary N) is 1. The second-order valence-electron chi connectivity index (χ2n) is 5.16. The fourth-order valence-electron chi connectivity index (χ4n) is 1.42. The van der Waals surface area contributed by atoms with Crippen molar-refractivity contribution in [2.24, 2.45) is 0 Å². The fraction of sp³-hybridized carbons (Fsp3) is 0.417. The van der Waals surface area contributed by atoms with Gasteiger partial charge in [-0.25, -0.2) is 4.79 Å². The van der Waals surface area contributed by atoms with Crippen molar-refractivity contribution in [1.82, 2.24) is 0 Å². The molecule has 0 unspecified atom stereocenters. The van der Waals surface area contributed by atoms with E-state index in [0.29, 0.717) is 5.56 Å². The zero-order chi connectivity index (χ0) is 15.7. The van der Waals surface area contributed by atoms with Gasteiger partial charge in [0.05, 0.1) is 5.56 Å². The van der Waals surface area contributed by atoms with Gasteiger partial charge in [0.15, 0.2) is 0 Å². The lowest BCUT2D eigenvalue weighted by atomic mass is 10.1. The lowest BCUT2D eigenvalue weighted by molar-refractivity contribution is 0.00684. The van der Waals surface area contributed by atoms with Gasteiger partial charge < -0.3 is 14.7 Å². The second kappa shape index (κ2) is 5.28. The Morgan fingerprint density at radius 2 is 1.85 bits per heavy atom. The van der Waals surface area contributed by atoms with Crippen LogP contribution in [0, 0.1) is 6.92 Å². The Labute approximate surface area is 117 Å². The van der Waals surface area contributed by atoms with Gasteiger partial charge in [0, 0.05) is 11.8 Å². The van der Waals surface area contributed by atoms with Crippen molar-refractivity contribution >= 4 is 22.2 Å². The van der Waals surface area contributed by atoms with Crippen LogP contribution in [0.2, 0.25) is 0 Å². The average molecular weight is 305 g/mol. The number of anilines is 1. The van der Waals surface area contributed by atoms with Gasteiger partial charge in [-0.1, -0.05) is 3.89 Å². The normalized spacial score (nSPS) is 12.1. The molecule has 1 aromatic carbocycles. The summed E-state index contributed by atoms with van der Waals surface area (Å²) in [6, 6.07) is 2.18. The number of rotatable bonds is 3. The third-order valence-electron chi connectivity index (χ3n) is 2.24. The molecular formula is C12H16FNO5S. The molecule has 0 aromatic heterocycles. The van der Waals surface area contributed by atoms with Gasteiger partial charge in [-0.2, -0.15) is 8.42 Å². The molecule has 8 heteroatoms. The Morgan fingerprint density at radius 1 is 1.30 bits per heavy atom. The highest BCUT2D eigenvalue weighted by atomic mass is 32.3. The average Bonchev–Trinajstić information content (AvgIpc) is 2.18. The molecule has 0 amide bonds. The van der Waals surface area contributed by atoms with Crippen molar-refractivity contribution < 1.29 is 26.0 Å². The maximum absolute atomic E-state index is 12.5. The Balaban J connectivity index is 3.22. The Kier molecular flexibility index (Phi) is 4.28. The maximum Gasteiger partial charge on any atom is 0.488 e. The number of hydrogen-bond donors (Lipinski definition) is 1. The van der Waals surface area contributed by atoms with Crippen LogP contribution in [0.5, 0.6) is 5.75 Å². The third kappa shape index (κ3) is 4.69. The van der Waals surface area contributed by atoms with Crippen molar-refractivity contribution in [2.45, 2.75) is 33.3 Å². The fourth-order valence-corrected chi connectivity index (χ4v) is 1.74. The van der Waals surface area contributed by atoms with E-state index < -0.39 is 27.8 Å². The van der Waals surface area contributed by atoms with E-state index in [9.17, 15) is 17.1 Å². The summed E-state index contributed by atoms with van der Waals surface area (Å²) in [5, 5.41) is 0. The molecule has 1 rings (SSSR count). The predicted octanol–water partition coefficient (Wildman–Crippen LogP) is 2.13. The molecule has 0 aliphatic carbocycles. The smallest absolute Gasteiger partial charge is 0.456 e. The van der Waals surface area contributed by atoms with Crippen LogP contribution in [0.3, 0.4) is 0 Å². The zero-order valence-electron chi connectivity index (χ0n) is 11.6. The highest BCUT2D eigenvalue weighted by Gasteiger charge is 2.22. The van der Waals surface area contributed by atoms with E-state index in [0.717, 1.165) is 12.1 Å². The summed E-state index contributed by atoms with van der Waals surface area (Å²) in [6.45, 7) is 6.59. The minimum atomic E-state index is -5.19. The Hall–Kier alpha value is -1.83. The van der Waals surface area contributed by atoms with Crippen LogP contribution < -0.4 is 9.92 Å². The number of benzene rings is 1. The monoisotopic (exact) mass is 305 g/mol. The van der Waals surface area contributed by atoms with Gasteiger partial charge in [-0.05, 0) is 39.3 Å². The van der Waals surface area contributed by atoms with E-state index in [2.05, 4.69) is 4.18 Å². The lowest BCUT2D eigenvalue weighted by Crippen LogP contribution is -2.24. The summed E-state index contributed by atoms with van der Waals surface area (Å²) < 4.78 is 42.7. The van der Waals surface area contributed by atoms with E-state index in [-0.39, 0.29) is 11.3 Å². The second-order valence-corrected chi connectivity index (χ2v) is 6.12. The van der Waals surface area contributed by atoms with Crippen molar-refractivity contribution in [3.8, 4) is 5.75 Å². The summed E-state index contributed by atoms with van der Waals surface area (Å²) in [5.74, 6) is -1.10. The molecule has 0 atom stereocenters. The Bertz CT molecular complexity index is 634. The highest BCUT2D eigenvalue weighted by Crippen LogP contribution is 2.27. The van der Waals surface area contributed by atoms with E-state index in [4.69, 9.17) is 10.5 Å². The Morgan fingerprint density at radius 3 is 2.30 bits per heavy atom. The van der Waals surface area contributed by atoms with Gasteiger partial charge in [0.1, 0.15) is 11.4 Å². The van der Waals surface area contributed by atoms with Crippen molar-refractivity contribution in [2.75, 3.05) is 5.73 Å². The number of ether oxygens (including phenoxy) is 1. The predicted molar refractivity (Wildman–Crippen MR) is 71.4 cm³/mol. The summed E-state index contributed by atoms with van der Waals surface area (Å²) in [7, 11) is -5.19. The van der Waals surface area contributed by atoms with E-state index >= 15 is 0 Å². The summed E-state index contributed by atoms with van der Waals surface area (Å²) in [5.41, 5.74) is 5.40. The molecule has 0 saturated carbocycles. The van der Waals surface area contributed by atoms with Gasteiger partial charge in [0.2, 0.25) is 0 Å². The summed E-state index contributed by atoms with van der Waals surface area (Å²) in [6.07, 6.45) is 0. The first-order valence-electron chi connectivity index (χ1n) is 5.66. The van der Waals surface area contributed by atoms with Gasteiger partial charge in [0.25, 0.3) is 0 Å². The molecule has 0 aliphatic heterocycles. The topological polar surface area (TPSA) is 95.7 Å². The number of carbonyl (C=O) groups is 1. The van der Waals surface area contributed by atoms with Crippen LogP contribution >= 0.6 is 0 Å². The molecule has 0 bridgehead atoms. The van der Waals surface area contributed by atoms with Crippen LogP contribution in [0.25, 0.3) is 0 Å². The molecule has 2 N–H and O–H groups in total. The van der Waals surface area contributed by atoms with Gasteiger partial charge >= 0.3 is 16.5 Å². The van der Waals surface area contributed by atoms with Crippen molar-refractivity contribution in [3.63, 3.8) is 0 Å². The highest BCUT2D eigenvalue weighted by molar-refractivity contribution is 7.81. The van der Waals surface area contributed by atoms with E-state index in [1.165, 1.54) is 0 Å². The molecule has 0 fully saturated rings. The first kappa shape index (κ1) is 16.2. The SMILES string of the molecule is Cc1c(N)cc(OS(=O)(=O)F)cc1C(=O)OC(C)(C)C. The first-order chi connectivity index (χ1) is 8.89. The number of nitrogen functional groups attached to an aromatic ring is 1. The number of hydrogen-bond acceptors (Lipinski definition) is 6. The molecule has 0 aliphatic rings. The number of carbonyl (C=O) groups excluding carboxylic acids is 1. The van der Waals surface area contributed by atoms with Crippen molar-refractivity contribution in [3.05, 3.63) is 23.3 Å². The quantitative estimate of drug-likeness (QED) is 0.522. The van der Waals surface area contributed by atoms with Crippen LogP contribution in [-0.2, 0) is 15.2 Å².